The smallest absolute Gasteiger partial charge is 0.162 e. The summed E-state index contributed by atoms with van der Waals surface area (Å²) in [7, 11) is 3.19. The van der Waals surface area contributed by atoms with E-state index in [4.69, 9.17) is 13.9 Å². The number of nitrogens with one attached hydrogen (secondary N) is 1. The largest absolute Gasteiger partial charge is 0.505 e. The second-order valence-electron chi connectivity index (χ2n) is 6.69. The summed E-state index contributed by atoms with van der Waals surface area (Å²) in [5, 5.41) is 15.3. The molecule has 148 valence electrons. The average Bonchev–Trinajstić information content (AvgIpc) is 3.27. The molecule has 4 aromatic rings. The van der Waals surface area contributed by atoms with Crippen LogP contribution in [0, 0.1) is 6.92 Å². The van der Waals surface area contributed by atoms with E-state index in [2.05, 4.69) is 10.3 Å². The monoisotopic (exact) mass is 390 g/mol. The van der Waals surface area contributed by atoms with Crippen LogP contribution in [0.5, 0.6) is 17.2 Å². The van der Waals surface area contributed by atoms with Gasteiger partial charge in [0.15, 0.2) is 11.5 Å². The lowest BCUT2D eigenvalue weighted by Gasteiger charge is -2.21. The van der Waals surface area contributed by atoms with E-state index in [-0.39, 0.29) is 5.75 Å². The molecule has 2 heterocycles. The normalized spacial score (nSPS) is 12.0. The van der Waals surface area contributed by atoms with Gasteiger partial charge in [0.2, 0.25) is 0 Å². The van der Waals surface area contributed by atoms with E-state index >= 15 is 0 Å². The second kappa shape index (κ2) is 7.75. The quantitative estimate of drug-likeness (QED) is 0.479. The Morgan fingerprint density at radius 1 is 1.00 bits per heavy atom. The first-order valence-corrected chi connectivity index (χ1v) is 9.22. The number of phenols is 1. The van der Waals surface area contributed by atoms with Crippen molar-refractivity contribution in [2.45, 2.75) is 13.0 Å². The summed E-state index contributed by atoms with van der Waals surface area (Å²) in [6.07, 6.45) is 1.61. The summed E-state index contributed by atoms with van der Waals surface area (Å²) >= 11 is 0. The maximum absolute atomic E-state index is 11.0. The van der Waals surface area contributed by atoms with Crippen molar-refractivity contribution in [3.63, 3.8) is 0 Å². The number of fused-ring (bicyclic) bond motifs is 1. The Morgan fingerprint density at radius 3 is 2.52 bits per heavy atom. The number of phenolic OH excluding ortho intramolecular Hbond substituents is 1. The molecule has 4 rings (SSSR count). The Morgan fingerprint density at radius 2 is 1.79 bits per heavy atom. The maximum atomic E-state index is 11.0. The van der Waals surface area contributed by atoms with Gasteiger partial charge in [0.05, 0.1) is 20.5 Å². The first-order valence-electron chi connectivity index (χ1n) is 9.22. The van der Waals surface area contributed by atoms with Gasteiger partial charge in [-0.05, 0) is 37.3 Å². The van der Waals surface area contributed by atoms with Crippen LogP contribution in [-0.4, -0.2) is 24.3 Å². The van der Waals surface area contributed by atoms with E-state index in [0.717, 1.165) is 16.8 Å². The SMILES string of the molecule is COc1ccc(NC(c2ccco2)c2ccc3ccc(C)nc3c2O)cc1OC. The fourth-order valence-electron chi connectivity index (χ4n) is 3.37. The molecule has 0 aliphatic heterocycles. The lowest BCUT2D eigenvalue weighted by Crippen LogP contribution is -2.12. The van der Waals surface area contributed by atoms with Crippen molar-refractivity contribution in [3.8, 4) is 17.2 Å². The number of aryl methyl sites for hydroxylation is 1. The minimum absolute atomic E-state index is 0.126. The van der Waals surface area contributed by atoms with Crippen LogP contribution in [0.1, 0.15) is 23.1 Å². The summed E-state index contributed by atoms with van der Waals surface area (Å²) < 4.78 is 16.4. The lowest BCUT2D eigenvalue weighted by atomic mass is 10.00. The van der Waals surface area contributed by atoms with E-state index in [1.54, 1.807) is 20.5 Å². The number of rotatable bonds is 6. The fraction of sp³-hybridized carbons (Fsp3) is 0.174. The predicted molar refractivity (Wildman–Crippen MR) is 112 cm³/mol. The van der Waals surface area contributed by atoms with Gasteiger partial charge in [-0.2, -0.15) is 0 Å². The van der Waals surface area contributed by atoms with Crippen molar-refractivity contribution in [2.24, 2.45) is 0 Å². The number of methoxy groups -OCH3 is 2. The number of anilines is 1. The number of benzene rings is 2. The molecular formula is C23H22N2O4. The van der Waals surface area contributed by atoms with Crippen LogP contribution >= 0.6 is 0 Å². The van der Waals surface area contributed by atoms with Gasteiger partial charge in [-0.15, -0.1) is 0 Å². The highest BCUT2D eigenvalue weighted by Gasteiger charge is 2.22. The highest BCUT2D eigenvalue weighted by Crippen LogP contribution is 2.38. The van der Waals surface area contributed by atoms with E-state index in [0.29, 0.717) is 28.3 Å². The van der Waals surface area contributed by atoms with Crippen LogP contribution in [0.4, 0.5) is 5.69 Å². The van der Waals surface area contributed by atoms with Crippen molar-refractivity contribution in [2.75, 3.05) is 19.5 Å². The Labute approximate surface area is 168 Å². The van der Waals surface area contributed by atoms with E-state index in [1.807, 2.05) is 61.5 Å². The molecule has 0 saturated carbocycles. The molecule has 0 fully saturated rings. The third-order valence-electron chi connectivity index (χ3n) is 4.84. The van der Waals surface area contributed by atoms with Gasteiger partial charge in [-0.3, -0.25) is 0 Å². The van der Waals surface area contributed by atoms with Crippen molar-refractivity contribution in [3.05, 3.63) is 77.9 Å². The molecule has 6 nitrogen and oxygen atoms in total. The highest BCUT2D eigenvalue weighted by molar-refractivity contribution is 5.86. The van der Waals surface area contributed by atoms with Crippen LogP contribution < -0.4 is 14.8 Å². The number of ether oxygens (including phenoxy) is 2. The van der Waals surface area contributed by atoms with Crippen LogP contribution in [0.15, 0.2) is 65.3 Å². The van der Waals surface area contributed by atoms with Gasteiger partial charge in [0.1, 0.15) is 23.1 Å². The number of pyridine rings is 1. The van der Waals surface area contributed by atoms with Crippen molar-refractivity contribution in [1.29, 1.82) is 0 Å². The Hall–Kier alpha value is -3.67. The highest BCUT2D eigenvalue weighted by atomic mass is 16.5. The Bertz CT molecular complexity index is 1140. The minimum Gasteiger partial charge on any atom is -0.505 e. The molecule has 2 aromatic heterocycles. The van der Waals surface area contributed by atoms with Gasteiger partial charge in [-0.1, -0.05) is 18.2 Å². The minimum atomic E-state index is -0.421. The Balaban J connectivity index is 1.80. The third-order valence-corrected chi connectivity index (χ3v) is 4.84. The number of hydrogen-bond acceptors (Lipinski definition) is 6. The predicted octanol–water partition coefficient (Wildman–Crippen LogP) is 5.06. The summed E-state index contributed by atoms with van der Waals surface area (Å²) in [6.45, 7) is 1.90. The van der Waals surface area contributed by atoms with Crippen LogP contribution in [0.2, 0.25) is 0 Å². The number of furan rings is 1. The molecule has 0 spiro atoms. The zero-order valence-corrected chi connectivity index (χ0v) is 16.5. The van der Waals surface area contributed by atoms with E-state index in [1.165, 1.54) is 0 Å². The summed E-state index contributed by atoms with van der Waals surface area (Å²) in [5.41, 5.74) is 2.86. The molecular weight excluding hydrogens is 368 g/mol. The maximum Gasteiger partial charge on any atom is 0.162 e. The van der Waals surface area contributed by atoms with Gasteiger partial charge >= 0.3 is 0 Å². The third kappa shape index (κ3) is 3.57. The molecule has 0 aliphatic rings. The van der Waals surface area contributed by atoms with Gasteiger partial charge < -0.3 is 24.3 Å². The van der Waals surface area contributed by atoms with Gasteiger partial charge in [0, 0.05) is 28.4 Å². The number of aromatic hydroxyl groups is 1. The standard InChI is InChI=1S/C23H22N2O4/c1-14-6-7-15-8-10-17(23(26)21(15)24-14)22(19-5-4-12-29-19)25-16-9-11-18(27-2)20(13-16)28-3/h4-13,22,25-26H,1-3H3. The van der Waals surface area contributed by atoms with E-state index in [9.17, 15) is 5.11 Å². The first kappa shape index (κ1) is 18.7. The van der Waals surface area contributed by atoms with Gasteiger partial charge in [-0.25, -0.2) is 4.98 Å². The molecule has 2 aromatic carbocycles. The van der Waals surface area contributed by atoms with E-state index < -0.39 is 6.04 Å². The van der Waals surface area contributed by atoms with Crippen molar-refractivity contribution >= 4 is 16.6 Å². The van der Waals surface area contributed by atoms with Crippen molar-refractivity contribution in [1.82, 2.24) is 4.98 Å². The van der Waals surface area contributed by atoms with Crippen LogP contribution in [0.3, 0.4) is 0 Å². The molecule has 1 unspecified atom stereocenters. The van der Waals surface area contributed by atoms with Gasteiger partial charge in [0.25, 0.3) is 0 Å². The molecule has 0 aliphatic carbocycles. The first-order chi connectivity index (χ1) is 14.1. The number of hydrogen-bond donors (Lipinski definition) is 2. The summed E-state index contributed by atoms with van der Waals surface area (Å²) in [6, 6.07) is 16.5. The van der Waals surface area contributed by atoms with Crippen LogP contribution in [-0.2, 0) is 0 Å². The molecule has 1 atom stereocenters. The van der Waals surface area contributed by atoms with Crippen molar-refractivity contribution < 1.29 is 19.0 Å². The molecule has 2 N–H and O–H groups in total. The molecule has 0 amide bonds. The Kier molecular flexibility index (Phi) is 4.99. The molecule has 0 bridgehead atoms. The fourth-order valence-corrected chi connectivity index (χ4v) is 3.37. The molecule has 0 radical (unpaired) electrons. The lowest BCUT2D eigenvalue weighted by molar-refractivity contribution is 0.355. The number of aromatic nitrogens is 1. The molecule has 29 heavy (non-hydrogen) atoms. The summed E-state index contributed by atoms with van der Waals surface area (Å²) in [4.78, 5) is 4.51. The topological polar surface area (TPSA) is 76.8 Å². The van der Waals surface area contributed by atoms with Crippen LogP contribution in [0.25, 0.3) is 10.9 Å². The zero-order chi connectivity index (χ0) is 20.4. The zero-order valence-electron chi connectivity index (χ0n) is 16.5. The number of nitrogens with zero attached hydrogens (tertiary/aromatic N) is 1. The molecule has 0 saturated heterocycles. The molecule has 6 heteroatoms. The summed E-state index contributed by atoms with van der Waals surface area (Å²) in [5.74, 6) is 2.04. The average molecular weight is 390 g/mol. The second-order valence-corrected chi connectivity index (χ2v) is 6.69.